The summed E-state index contributed by atoms with van der Waals surface area (Å²) in [7, 11) is 3.90. The van der Waals surface area contributed by atoms with Gasteiger partial charge in [0, 0.05) is 40.4 Å². The highest BCUT2D eigenvalue weighted by molar-refractivity contribution is 7.11. The smallest absolute Gasteiger partial charge is 0.282 e. The van der Waals surface area contributed by atoms with Gasteiger partial charge in [-0.2, -0.15) is 0 Å². The van der Waals surface area contributed by atoms with E-state index in [-0.39, 0.29) is 5.70 Å². The van der Waals surface area contributed by atoms with Crippen molar-refractivity contribution in [3.05, 3.63) is 80.6 Å². The maximum Gasteiger partial charge on any atom is 0.282 e. The van der Waals surface area contributed by atoms with E-state index in [0.717, 1.165) is 10.6 Å². The zero-order valence-corrected chi connectivity index (χ0v) is 18.5. The summed E-state index contributed by atoms with van der Waals surface area (Å²) in [4.78, 5) is 30.4. The Labute approximate surface area is 188 Å². The van der Waals surface area contributed by atoms with E-state index in [2.05, 4.69) is 5.32 Å². The van der Waals surface area contributed by atoms with Crippen molar-refractivity contribution in [3.8, 4) is 0 Å². The van der Waals surface area contributed by atoms with Crippen molar-refractivity contribution in [1.29, 1.82) is 0 Å². The first kappa shape index (κ1) is 20.5. The molecular weight excluding hydrogens is 441 g/mol. The number of hydrogen-bond donors (Lipinski definition) is 1. The Bertz CT molecular complexity index is 1140. The van der Waals surface area contributed by atoms with E-state index >= 15 is 0 Å². The molecule has 8 heteroatoms. The molecule has 0 saturated carbocycles. The summed E-state index contributed by atoms with van der Waals surface area (Å²) in [6.07, 6.45) is 0. The quantitative estimate of drug-likeness (QED) is 0.512. The van der Waals surface area contributed by atoms with Crippen molar-refractivity contribution in [2.24, 2.45) is 0 Å². The number of halogens is 2. The number of imide groups is 1. The molecule has 1 N–H and O–H groups in total. The third-order valence-corrected chi connectivity index (χ3v) is 5.93. The van der Waals surface area contributed by atoms with Crippen LogP contribution in [-0.2, 0) is 9.59 Å². The van der Waals surface area contributed by atoms with Crippen LogP contribution in [-0.4, -0.2) is 25.9 Å². The Morgan fingerprint density at radius 2 is 1.60 bits per heavy atom. The van der Waals surface area contributed by atoms with E-state index < -0.39 is 11.8 Å². The van der Waals surface area contributed by atoms with Gasteiger partial charge >= 0.3 is 0 Å². The molecule has 1 aromatic heterocycles. The molecule has 30 heavy (non-hydrogen) atoms. The first-order chi connectivity index (χ1) is 14.3. The van der Waals surface area contributed by atoms with E-state index in [1.165, 1.54) is 11.3 Å². The summed E-state index contributed by atoms with van der Waals surface area (Å²) in [6.45, 7) is 0. The number of carbonyl (C=O) groups excluding carboxylic acids is 2. The minimum absolute atomic E-state index is 0.219. The number of nitrogens with zero attached hydrogens (tertiary/aromatic N) is 2. The molecule has 0 fully saturated rings. The Hall–Kier alpha value is -2.80. The van der Waals surface area contributed by atoms with Crippen LogP contribution in [0.15, 0.2) is 65.7 Å². The van der Waals surface area contributed by atoms with Crippen LogP contribution < -0.4 is 15.1 Å². The van der Waals surface area contributed by atoms with Crippen molar-refractivity contribution < 1.29 is 9.59 Å². The molecule has 0 unspecified atom stereocenters. The van der Waals surface area contributed by atoms with Crippen molar-refractivity contribution in [2.75, 3.05) is 29.2 Å². The summed E-state index contributed by atoms with van der Waals surface area (Å²) in [6, 6.07) is 15.9. The number of carbonyl (C=O) groups is 2. The molecule has 0 atom stereocenters. The fourth-order valence-corrected chi connectivity index (χ4v) is 4.47. The molecule has 152 valence electrons. The largest absolute Gasteiger partial charge is 0.378 e. The number of rotatable bonds is 5. The lowest BCUT2D eigenvalue weighted by molar-refractivity contribution is -0.120. The Morgan fingerprint density at radius 1 is 0.933 bits per heavy atom. The van der Waals surface area contributed by atoms with E-state index in [1.54, 1.807) is 18.2 Å². The third kappa shape index (κ3) is 3.81. The van der Waals surface area contributed by atoms with E-state index in [0.29, 0.717) is 31.9 Å². The van der Waals surface area contributed by atoms with Gasteiger partial charge in [0.1, 0.15) is 5.70 Å². The van der Waals surface area contributed by atoms with Crippen LogP contribution in [0, 0.1) is 0 Å². The molecule has 0 bridgehead atoms. The van der Waals surface area contributed by atoms with Crippen LogP contribution in [0.2, 0.25) is 10.0 Å². The minimum Gasteiger partial charge on any atom is -0.378 e. The lowest BCUT2D eigenvalue weighted by Gasteiger charge is -2.16. The highest BCUT2D eigenvalue weighted by Crippen LogP contribution is 2.37. The molecule has 0 saturated heterocycles. The van der Waals surface area contributed by atoms with Crippen molar-refractivity contribution in [3.63, 3.8) is 0 Å². The highest BCUT2D eigenvalue weighted by atomic mass is 35.5. The molecular formula is C22H17Cl2N3O2S. The van der Waals surface area contributed by atoms with E-state index in [1.807, 2.05) is 60.8 Å². The van der Waals surface area contributed by atoms with Gasteiger partial charge in [-0.3, -0.25) is 9.59 Å². The maximum atomic E-state index is 13.3. The molecule has 1 aliphatic heterocycles. The summed E-state index contributed by atoms with van der Waals surface area (Å²) in [5.74, 6) is -0.883. The second kappa shape index (κ2) is 8.14. The average Bonchev–Trinajstić information content (AvgIpc) is 3.28. The van der Waals surface area contributed by atoms with Crippen LogP contribution in [0.1, 0.15) is 4.88 Å². The van der Waals surface area contributed by atoms with Crippen LogP contribution >= 0.6 is 34.5 Å². The van der Waals surface area contributed by atoms with Gasteiger partial charge in [0.2, 0.25) is 0 Å². The number of anilines is 3. The van der Waals surface area contributed by atoms with Gasteiger partial charge in [-0.1, -0.05) is 29.3 Å². The van der Waals surface area contributed by atoms with Gasteiger partial charge < -0.3 is 10.2 Å². The van der Waals surface area contributed by atoms with Crippen molar-refractivity contribution in [1.82, 2.24) is 0 Å². The van der Waals surface area contributed by atoms with Crippen LogP contribution in [0.4, 0.5) is 17.1 Å². The van der Waals surface area contributed by atoms with Gasteiger partial charge in [0.15, 0.2) is 0 Å². The Morgan fingerprint density at radius 3 is 2.17 bits per heavy atom. The topological polar surface area (TPSA) is 52.7 Å². The number of nitrogens with one attached hydrogen (secondary N) is 1. The molecule has 0 aliphatic carbocycles. The van der Waals surface area contributed by atoms with Gasteiger partial charge in [0.05, 0.1) is 11.3 Å². The lowest BCUT2D eigenvalue weighted by atomic mass is 10.1. The molecule has 3 aromatic rings. The lowest BCUT2D eigenvalue weighted by Crippen LogP contribution is -2.32. The fourth-order valence-electron chi connectivity index (χ4n) is 3.19. The number of thiophene rings is 1. The first-order valence-electron chi connectivity index (χ1n) is 9.02. The predicted octanol–water partition coefficient (Wildman–Crippen LogP) is 5.52. The predicted molar refractivity (Wildman–Crippen MR) is 125 cm³/mol. The highest BCUT2D eigenvalue weighted by Gasteiger charge is 2.40. The van der Waals surface area contributed by atoms with Gasteiger partial charge in [-0.15, -0.1) is 11.3 Å². The standard InChI is InChI=1S/C22H17Cl2N3O2S/c1-26(2)16-7-5-15(6-8-16)25-20-19(18-4-3-9-30-18)21(28)27(22(20)29)17-11-13(23)10-14(24)12-17/h3-12,25H,1-2H3. The monoisotopic (exact) mass is 457 g/mol. The molecule has 2 heterocycles. The number of benzene rings is 2. The van der Waals surface area contributed by atoms with Crippen molar-refractivity contribution >= 4 is 69.0 Å². The SMILES string of the molecule is CN(C)c1ccc(NC2=C(c3cccs3)C(=O)N(c3cc(Cl)cc(Cl)c3)C2=O)cc1. The molecule has 5 nitrogen and oxygen atoms in total. The second-order valence-corrected chi connectivity index (χ2v) is 8.69. The van der Waals surface area contributed by atoms with Gasteiger partial charge in [0.25, 0.3) is 11.8 Å². The van der Waals surface area contributed by atoms with Gasteiger partial charge in [-0.05, 0) is 53.9 Å². The van der Waals surface area contributed by atoms with E-state index in [9.17, 15) is 9.59 Å². The third-order valence-electron chi connectivity index (χ3n) is 4.61. The summed E-state index contributed by atoms with van der Waals surface area (Å²) in [5.41, 5.74) is 2.60. The zero-order valence-electron chi connectivity index (χ0n) is 16.1. The molecule has 2 amide bonds. The normalized spacial score (nSPS) is 13.9. The van der Waals surface area contributed by atoms with Crippen LogP contribution in [0.3, 0.4) is 0 Å². The van der Waals surface area contributed by atoms with Crippen LogP contribution in [0.5, 0.6) is 0 Å². The molecule has 2 aromatic carbocycles. The summed E-state index contributed by atoms with van der Waals surface area (Å²) < 4.78 is 0. The second-order valence-electron chi connectivity index (χ2n) is 6.87. The molecule has 0 radical (unpaired) electrons. The zero-order chi connectivity index (χ0) is 21.4. The first-order valence-corrected chi connectivity index (χ1v) is 10.7. The fraction of sp³-hybridized carbons (Fsp3) is 0.0909. The molecule has 4 rings (SSSR count). The number of hydrogen-bond acceptors (Lipinski definition) is 5. The van der Waals surface area contributed by atoms with Crippen molar-refractivity contribution in [2.45, 2.75) is 0 Å². The Balaban J connectivity index is 1.76. The Kier molecular flexibility index (Phi) is 5.56. The number of amides is 2. The average molecular weight is 458 g/mol. The van der Waals surface area contributed by atoms with Crippen LogP contribution in [0.25, 0.3) is 5.57 Å². The maximum absolute atomic E-state index is 13.3. The molecule has 1 aliphatic rings. The molecule has 0 spiro atoms. The van der Waals surface area contributed by atoms with Gasteiger partial charge in [-0.25, -0.2) is 4.90 Å². The van der Waals surface area contributed by atoms with E-state index in [4.69, 9.17) is 23.2 Å². The summed E-state index contributed by atoms with van der Waals surface area (Å²) >= 11 is 13.6. The summed E-state index contributed by atoms with van der Waals surface area (Å²) in [5, 5.41) is 5.70. The minimum atomic E-state index is -0.460.